The van der Waals surface area contributed by atoms with Crippen molar-refractivity contribution in [1.29, 1.82) is 0 Å². The molecule has 0 unspecified atom stereocenters. The summed E-state index contributed by atoms with van der Waals surface area (Å²) in [5.41, 5.74) is 10.3. The number of hydrogen-bond donors (Lipinski definition) is 2. The first-order valence-electron chi connectivity index (χ1n) is 6.80. The number of H-pyrrole nitrogens is 1. The van der Waals surface area contributed by atoms with Gasteiger partial charge in [0.25, 0.3) is 5.56 Å². The smallest absolute Gasteiger partial charge is 0.258 e. The van der Waals surface area contributed by atoms with Gasteiger partial charge in [0.05, 0.1) is 5.56 Å². The number of hydrogen-bond acceptors (Lipinski definition) is 2. The van der Waals surface area contributed by atoms with Gasteiger partial charge < -0.3 is 10.7 Å². The van der Waals surface area contributed by atoms with E-state index in [1.165, 1.54) is 24.0 Å². The average Bonchev–Trinajstić information content (AvgIpc) is 2.46. The van der Waals surface area contributed by atoms with Gasteiger partial charge in [-0.25, -0.2) is 0 Å². The van der Waals surface area contributed by atoms with Gasteiger partial charge in [-0.05, 0) is 60.6 Å². The second kappa shape index (κ2) is 5.21. The van der Waals surface area contributed by atoms with Gasteiger partial charge in [0.15, 0.2) is 0 Å². The Kier molecular flexibility index (Phi) is 3.40. The maximum Gasteiger partial charge on any atom is 0.258 e. The van der Waals surface area contributed by atoms with Crippen LogP contribution in [0.2, 0.25) is 0 Å². The Labute approximate surface area is 122 Å². The number of aromatic nitrogens is 1. The number of nitrogens with two attached hydrogens (primary N) is 1. The summed E-state index contributed by atoms with van der Waals surface area (Å²) in [7, 11) is 0. The van der Waals surface area contributed by atoms with Crippen molar-refractivity contribution in [2.45, 2.75) is 25.7 Å². The minimum absolute atomic E-state index is 0.128. The predicted octanol–water partition coefficient (Wildman–Crippen LogP) is 2.55. The number of pyridine rings is 1. The molecule has 0 bridgehead atoms. The Hall–Kier alpha value is -1.94. The van der Waals surface area contributed by atoms with Crippen molar-refractivity contribution >= 4 is 17.2 Å². The topological polar surface area (TPSA) is 58.9 Å². The van der Waals surface area contributed by atoms with E-state index in [1.54, 1.807) is 6.07 Å². The average molecular weight is 284 g/mol. The fourth-order valence-electron chi connectivity index (χ4n) is 2.74. The maximum atomic E-state index is 11.9. The van der Waals surface area contributed by atoms with Gasteiger partial charge in [0, 0.05) is 5.69 Å². The van der Waals surface area contributed by atoms with Gasteiger partial charge in [-0.3, -0.25) is 4.79 Å². The van der Waals surface area contributed by atoms with Crippen LogP contribution in [0.15, 0.2) is 35.1 Å². The van der Waals surface area contributed by atoms with E-state index in [2.05, 4.69) is 23.2 Å². The van der Waals surface area contributed by atoms with Crippen molar-refractivity contribution in [2.24, 2.45) is 5.73 Å². The van der Waals surface area contributed by atoms with Crippen LogP contribution in [0, 0.1) is 0 Å². The van der Waals surface area contributed by atoms with Crippen LogP contribution in [-0.4, -0.2) is 9.97 Å². The van der Waals surface area contributed by atoms with Crippen LogP contribution in [0.3, 0.4) is 0 Å². The third-order valence-electron chi connectivity index (χ3n) is 3.83. The van der Waals surface area contributed by atoms with E-state index in [9.17, 15) is 4.79 Å². The molecule has 2 aromatic rings. The van der Waals surface area contributed by atoms with Crippen LogP contribution < -0.4 is 11.3 Å². The number of rotatable bonds is 2. The van der Waals surface area contributed by atoms with E-state index in [0.717, 1.165) is 24.1 Å². The molecule has 0 saturated carbocycles. The third kappa shape index (κ3) is 2.39. The van der Waals surface area contributed by atoms with Crippen molar-refractivity contribution in [1.82, 2.24) is 4.98 Å². The molecular weight excluding hydrogens is 268 g/mol. The number of fused-ring (bicyclic) bond motifs is 1. The summed E-state index contributed by atoms with van der Waals surface area (Å²) in [6, 6.07) is 9.97. The predicted molar refractivity (Wildman–Crippen MR) is 85.0 cm³/mol. The quantitative estimate of drug-likeness (QED) is 0.833. The number of aromatic amines is 1. The molecule has 1 aromatic heterocycles. The summed E-state index contributed by atoms with van der Waals surface area (Å²) in [5, 5.41) is 0. The zero-order valence-electron chi connectivity index (χ0n) is 11.1. The van der Waals surface area contributed by atoms with Gasteiger partial charge in [0.2, 0.25) is 0 Å². The van der Waals surface area contributed by atoms with Crippen LogP contribution in [0.5, 0.6) is 0 Å². The molecule has 0 saturated heterocycles. The van der Waals surface area contributed by atoms with E-state index >= 15 is 0 Å². The SMILES string of the molecule is NC(=S)c1ccc(-c2ccc3c(c2)CCCC3)[nH]c1=O. The summed E-state index contributed by atoms with van der Waals surface area (Å²) < 4.78 is 0. The lowest BCUT2D eigenvalue weighted by atomic mass is 9.90. The Morgan fingerprint density at radius 3 is 2.55 bits per heavy atom. The summed E-state index contributed by atoms with van der Waals surface area (Å²) in [5.74, 6) is 0. The molecule has 0 atom stereocenters. The molecule has 1 aromatic carbocycles. The number of aryl methyl sites for hydroxylation is 2. The highest BCUT2D eigenvalue weighted by atomic mass is 32.1. The first-order chi connectivity index (χ1) is 9.65. The minimum atomic E-state index is -0.229. The van der Waals surface area contributed by atoms with E-state index in [4.69, 9.17) is 18.0 Å². The summed E-state index contributed by atoms with van der Waals surface area (Å²) in [6.07, 6.45) is 4.80. The van der Waals surface area contributed by atoms with Crippen molar-refractivity contribution in [2.75, 3.05) is 0 Å². The molecule has 3 nitrogen and oxygen atoms in total. The fraction of sp³-hybridized carbons (Fsp3) is 0.250. The Morgan fingerprint density at radius 1 is 1.10 bits per heavy atom. The molecule has 1 aliphatic carbocycles. The van der Waals surface area contributed by atoms with Crippen LogP contribution in [0.4, 0.5) is 0 Å². The third-order valence-corrected chi connectivity index (χ3v) is 4.05. The summed E-state index contributed by atoms with van der Waals surface area (Å²) in [6.45, 7) is 0. The van der Waals surface area contributed by atoms with Crippen molar-refractivity contribution in [3.63, 3.8) is 0 Å². The van der Waals surface area contributed by atoms with Crippen LogP contribution in [-0.2, 0) is 12.8 Å². The highest BCUT2D eigenvalue weighted by Crippen LogP contribution is 2.26. The second-order valence-electron chi connectivity index (χ2n) is 5.17. The van der Waals surface area contributed by atoms with Gasteiger partial charge in [0.1, 0.15) is 4.99 Å². The molecule has 20 heavy (non-hydrogen) atoms. The Balaban J connectivity index is 2.03. The zero-order valence-corrected chi connectivity index (χ0v) is 11.9. The second-order valence-corrected chi connectivity index (χ2v) is 5.61. The molecule has 4 heteroatoms. The highest BCUT2D eigenvalue weighted by Gasteiger charge is 2.11. The van der Waals surface area contributed by atoms with Gasteiger partial charge >= 0.3 is 0 Å². The molecule has 1 aliphatic rings. The van der Waals surface area contributed by atoms with E-state index in [1.807, 2.05) is 6.07 Å². The molecule has 1 heterocycles. The molecule has 0 radical (unpaired) electrons. The van der Waals surface area contributed by atoms with Gasteiger partial charge in [-0.15, -0.1) is 0 Å². The molecule has 3 rings (SSSR count). The Bertz CT molecular complexity index is 733. The van der Waals surface area contributed by atoms with Crippen LogP contribution in [0.25, 0.3) is 11.3 Å². The van der Waals surface area contributed by atoms with Crippen molar-refractivity contribution in [3.05, 3.63) is 57.4 Å². The first-order valence-corrected chi connectivity index (χ1v) is 7.21. The molecule has 0 amide bonds. The summed E-state index contributed by atoms with van der Waals surface area (Å²) >= 11 is 4.85. The van der Waals surface area contributed by atoms with Crippen molar-refractivity contribution in [3.8, 4) is 11.3 Å². The molecule has 3 N–H and O–H groups in total. The molecule has 0 spiro atoms. The number of benzene rings is 1. The number of nitrogens with one attached hydrogen (secondary N) is 1. The lowest BCUT2D eigenvalue weighted by Gasteiger charge is -2.16. The maximum absolute atomic E-state index is 11.9. The number of thiocarbonyl (C=S) groups is 1. The van der Waals surface area contributed by atoms with Gasteiger partial charge in [-0.2, -0.15) is 0 Å². The van der Waals surface area contributed by atoms with Gasteiger partial charge in [-0.1, -0.05) is 24.4 Å². The monoisotopic (exact) mass is 284 g/mol. The summed E-state index contributed by atoms with van der Waals surface area (Å²) in [4.78, 5) is 14.9. The standard InChI is InChI=1S/C16H16N2OS/c17-15(20)13-7-8-14(18-16(13)19)12-6-5-10-3-1-2-4-11(10)9-12/h5-9H,1-4H2,(H2,17,20)(H,18,19). The lowest BCUT2D eigenvalue weighted by Crippen LogP contribution is -2.22. The van der Waals surface area contributed by atoms with E-state index in [0.29, 0.717) is 5.56 Å². The molecule has 102 valence electrons. The normalized spacial score (nSPS) is 13.8. The zero-order chi connectivity index (χ0) is 14.1. The minimum Gasteiger partial charge on any atom is -0.389 e. The first kappa shape index (κ1) is 13.1. The fourth-order valence-corrected chi connectivity index (χ4v) is 2.90. The molecule has 0 fully saturated rings. The van der Waals surface area contributed by atoms with Crippen LogP contribution >= 0.6 is 12.2 Å². The van der Waals surface area contributed by atoms with E-state index < -0.39 is 0 Å². The highest BCUT2D eigenvalue weighted by molar-refractivity contribution is 7.80. The Morgan fingerprint density at radius 2 is 1.85 bits per heavy atom. The van der Waals surface area contributed by atoms with E-state index in [-0.39, 0.29) is 10.5 Å². The van der Waals surface area contributed by atoms with Crippen LogP contribution in [0.1, 0.15) is 29.5 Å². The van der Waals surface area contributed by atoms with Crippen molar-refractivity contribution < 1.29 is 0 Å². The largest absolute Gasteiger partial charge is 0.389 e. The molecular formula is C16H16N2OS. The molecule has 0 aliphatic heterocycles. The lowest BCUT2D eigenvalue weighted by molar-refractivity contribution is 0.686.